The van der Waals surface area contributed by atoms with Crippen LogP contribution in [-0.2, 0) is 0 Å². The van der Waals surface area contributed by atoms with Crippen molar-refractivity contribution in [3.63, 3.8) is 0 Å². The first-order chi connectivity index (χ1) is 6.63. The Morgan fingerprint density at radius 1 is 1.50 bits per heavy atom. The third-order valence-corrected chi connectivity index (χ3v) is 1.78. The van der Waals surface area contributed by atoms with E-state index < -0.39 is 6.10 Å². The maximum Gasteiger partial charge on any atom is 0.126 e. The molecule has 1 aromatic carbocycles. The van der Waals surface area contributed by atoms with Crippen LogP contribution in [0.15, 0.2) is 18.2 Å². The zero-order valence-corrected chi connectivity index (χ0v) is 7.90. The number of hydrogen-bond donors (Lipinski definition) is 2. The van der Waals surface area contributed by atoms with Crippen LogP contribution in [0.3, 0.4) is 0 Å². The third-order valence-electron chi connectivity index (χ3n) is 1.78. The maximum absolute atomic E-state index is 12.8. The van der Waals surface area contributed by atoms with E-state index in [1.54, 1.807) is 13.0 Å². The summed E-state index contributed by atoms with van der Waals surface area (Å²) < 4.78 is 17.9. The monoisotopic (exact) mass is 200 g/mol. The van der Waals surface area contributed by atoms with Gasteiger partial charge in [-0.3, -0.25) is 0 Å². The van der Waals surface area contributed by atoms with Gasteiger partial charge in [0, 0.05) is 0 Å². The highest BCUT2D eigenvalue weighted by atomic mass is 19.1. The summed E-state index contributed by atoms with van der Waals surface area (Å²) in [4.78, 5) is 0. The second-order valence-corrected chi connectivity index (χ2v) is 3.06. The van der Waals surface area contributed by atoms with E-state index in [2.05, 4.69) is 0 Å². The van der Waals surface area contributed by atoms with E-state index in [0.717, 1.165) is 0 Å². The van der Waals surface area contributed by atoms with E-state index >= 15 is 0 Å². The normalized spacial score (nSPS) is 12.6. The molecule has 0 spiro atoms. The van der Waals surface area contributed by atoms with Crippen molar-refractivity contribution in [2.45, 2.75) is 13.0 Å². The van der Waals surface area contributed by atoms with Gasteiger partial charge in [-0.05, 0) is 30.7 Å². The van der Waals surface area contributed by atoms with Crippen molar-refractivity contribution in [2.24, 2.45) is 0 Å². The van der Waals surface area contributed by atoms with E-state index in [0.29, 0.717) is 11.3 Å². The van der Waals surface area contributed by atoms with Crippen molar-refractivity contribution < 1.29 is 19.3 Å². The SMILES string of the molecule is Cc1cc(OCC(O)CO)ccc1F. The summed E-state index contributed by atoms with van der Waals surface area (Å²) in [6.07, 6.45) is -0.902. The first-order valence-electron chi connectivity index (χ1n) is 4.31. The molecular weight excluding hydrogens is 187 g/mol. The minimum atomic E-state index is -0.902. The van der Waals surface area contributed by atoms with Gasteiger partial charge in [-0.1, -0.05) is 0 Å². The summed E-state index contributed by atoms with van der Waals surface area (Å²) in [6, 6.07) is 4.32. The lowest BCUT2D eigenvalue weighted by molar-refractivity contribution is 0.0535. The zero-order valence-electron chi connectivity index (χ0n) is 7.90. The van der Waals surface area contributed by atoms with Crippen molar-refractivity contribution in [1.29, 1.82) is 0 Å². The minimum Gasteiger partial charge on any atom is -0.491 e. The number of ether oxygens (including phenoxy) is 1. The zero-order chi connectivity index (χ0) is 10.6. The fraction of sp³-hybridized carbons (Fsp3) is 0.400. The molecule has 0 aliphatic heterocycles. The molecule has 0 amide bonds. The molecule has 1 unspecified atom stereocenters. The van der Waals surface area contributed by atoms with E-state index in [-0.39, 0.29) is 19.0 Å². The van der Waals surface area contributed by atoms with Crippen LogP contribution in [0.1, 0.15) is 5.56 Å². The molecule has 0 saturated carbocycles. The van der Waals surface area contributed by atoms with Crippen LogP contribution in [0.2, 0.25) is 0 Å². The first-order valence-corrected chi connectivity index (χ1v) is 4.31. The van der Waals surface area contributed by atoms with Gasteiger partial charge in [0.1, 0.15) is 24.3 Å². The average Bonchev–Trinajstić information content (AvgIpc) is 2.19. The van der Waals surface area contributed by atoms with Crippen molar-refractivity contribution >= 4 is 0 Å². The Morgan fingerprint density at radius 2 is 2.21 bits per heavy atom. The highest BCUT2D eigenvalue weighted by Gasteiger charge is 2.04. The van der Waals surface area contributed by atoms with Gasteiger partial charge in [-0.15, -0.1) is 0 Å². The number of benzene rings is 1. The fourth-order valence-corrected chi connectivity index (χ4v) is 0.952. The molecule has 3 nitrogen and oxygen atoms in total. The molecular formula is C10H13FO3. The quantitative estimate of drug-likeness (QED) is 0.758. The highest BCUT2D eigenvalue weighted by molar-refractivity contribution is 5.28. The number of rotatable bonds is 4. The minimum absolute atomic E-state index is 0.00156. The molecule has 0 bridgehead atoms. The van der Waals surface area contributed by atoms with Gasteiger partial charge in [0.2, 0.25) is 0 Å². The molecule has 0 fully saturated rings. The van der Waals surface area contributed by atoms with E-state index in [9.17, 15) is 4.39 Å². The van der Waals surface area contributed by atoms with Crippen LogP contribution in [0.4, 0.5) is 4.39 Å². The lowest BCUT2D eigenvalue weighted by atomic mass is 10.2. The number of aryl methyl sites for hydroxylation is 1. The largest absolute Gasteiger partial charge is 0.491 e. The summed E-state index contributed by atoms with van der Waals surface area (Å²) in [5.41, 5.74) is 0.487. The molecule has 0 heterocycles. The average molecular weight is 200 g/mol. The molecule has 0 aliphatic rings. The molecule has 1 aromatic rings. The fourth-order valence-electron chi connectivity index (χ4n) is 0.952. The predicted molar refractivity (Wildman–Crippen MR) is 49.7 cm³/mol. The molecule has 0 aromatic heterocycles. The Hall–Kier alpha value is -1.13. The number of hydrogen-bond acceptors (Lipinski definition) is 3. The molecule has 0 radical (unpaired) electrons. The Labute approximate surface area is 81.8 Å². The van der Waals surface area contributed by atoms with E-state index in [1.165, 1.54) is 12.1 Å². The van der Waals surface area contributed by atoms with Crippen LogP contribution < -0.4 is 4.74 Å². The molecule has 2 N–H and O–H groups in total. The molecule has 14 heavy (non-hydrogen) atoms. The van der Waals surface area contributed by atoms with E-state index in [1.807, 2.05) is 0 Å². The second-order valence-electron chi connectivity index (χ2n) is 3.06. The lowest BCUT2D eigenvalue weighted by Crippen LogP contribution is -2.21. The van der Waals surface area contributed by atoms with Gasteiger partial charge >= 0.3 is 0 Å². The lowest BCUT2D eigenvalue weighted by Gasteiger charge is -2.10. The Bertz CT molecular complexity index is 301. The molecule has 78 valence electrons. The number of halogens is 1. The second kappa shape index (κ2) is 4.93. The topological polar surface area (TPSA) is 49.7 Å². The van der Waals surface area contributed by atoms with Crippen LogP contribution in [-0.4, -0.2) is 29.5 Å². The smallest absolute Gasteiger partial charge is 0.126 e. The van der Waals surface area contributed by atoms with Crippen molar-refractivity contribution in [1.82, 2.24) is 0 Å². The molecule has 0 saturated heterocycles. The number of aliphatic hydroxyl groups excluding tert-OH is 2. The standard InChI is InChI=1S/C10H13FO3/c1-7-4-9(2-3-10(7)11)14-6-8(13)5-12/h2-4,8,12-13H,5-6H2,1H3. The van der Waals surface area contributed by atoms with Gasteiger partial charge in [0.15, 0.2) is 0 Å². The van der Waals surface area contributed by atoms with Crippen LogP contribution in [0, 0.1) is 12.7 Å². The molecule has 0 aliphatic carbocycles. The van der Waals surface area contributed by atoms with Crippen LogP contribution in [0.5, 0.6) is 5.75 Å². The highest BCUT2D eigenvalue weighted by Crippen LogP contribution is 2.15. The van der Waals surface area contributed by atoms with Gasteiger partial charge in [0.05, 0.1) is 6.61 Å². The van der Waals surface area contributed by atoms with Crippen LogP contribution in [0.25, 0.3) is 0 Å². The van der Waals surface area contributed by atoms with Crippen molar-refractivity contribution in [3.05, 3.63) is 29.6 Å². The van der Waals surface area contributed by atoms with Gasteiger partial charge < -0.3 is 14.9 Å². The molecule has 1 atom stereocenters. The number of aliphatic hydroxyl groups is 2. The summed E-state index contributed by atoms with van der Waals surface area (Å²) in [5.74, 6) is 0.191. The molecule has 4 heteroatoms. The first kappa shape index (κ1) is 10.9. The predicted octanol–water partition coefficient (Wildman–Crippen LogP) is 0.866. The summed E-state index contributed by atoms with van der Waals surface area (Å²) in [6.45, 7) is 1.28. The summed E-state index contributed by atoms with van der Waals surface area (Å²) in [7, 11) is 0. The summed E-state index contributed by atoms with van der Waals surface area (Å²) in [5, 5.41) is 17.5. The third kappa shape index (κ3) is 2.97. The maximum atomic E-state index is 12.8. The Balaban J connectivity index is 2.55. The van der Waals surface area contributed by atoms with Gasteiger partial charge in [-0.2, -0.15) is 0 Å². The Kier molecular flexibility index (Phi) is 3.85. The van der Waals surface area contributed by atoms with E-state index in [4.69, 9.17) is 14.9 Å². The summed E-state index contributed by atoms with van der Waals surface area (Å²) >= 11 is 0. The van der Waals surface area contributed by atoms with Gasteiger partial charge in [-0.25, -0.2) is 4.39 Å². The van der Waals surface area contributed by atoms with Crippen molar-refractivity contribution in [3.8, 4) is 5.75 Å². The van der Waals surface area contributed by atoms with Gasteiger partial charge in [0.25, 0.3) is 0 Å². The molecule has 1 rings (SSSR count). The Morgan fingerprint density at radius 3 is 2.79 bits per heavy atom. The van der Waals surface area contributed by atoms with Crippen LogP contribution >= 0.6 is 0 Å². The van der Waals surface area contributed by atoms with Crippen molar-refractivity contribution in [2.75, 3.05) is 13.2 Å².